The Morgan fingerprint density at radius 2 is 2.15 bits per heavy atom. The van der Waals surface area contributed by atoms with E-state index in [0.29, 0.717) is 16.7 Å². The Hall–Kier alpha value is -1.91. The maximum absolute atomic E-state index is 12.7. The molecule has 0 amide bonds. The van der Waals surface area contributed by atoms with Gasteiger partial charge in [0.15, 0.2) is 11.0 Å². The van der Waals surface area contributed by atoms with Crippen LogP contribution in [0.1, 0.15) is 18.4 Å². The molecule has 1 aliphatic heterocycles. The Labute approximate surface area is 161 Å². The molecule has 0 aliphatic carbocycles. The summed E-state index contributed by atoms with van der Waals surface area (Å²) in [6.07, 6.45) is -1.50. The molecule has 1 aliphatic rings. The highest BCUT2D eigenvalue weighted by Gasteiger charge is 2.31. The summed E-state index contributed by atoms with van der Waals surface area (Å²) in [5.74, 6) is 0.731. The Kier molecular flexibility index (Phi) is 5.20. The highest BCUT2D eigenvalue weighted by atomic mass is 32.2. The van der Waals surface area contributed by atoms with E-state index in [9.17, 15) is 13.2 Å². The largest absolute Gasteiger partial charge is 0.417 e. The molecule has 1 atom stereocenters. The van der Waals surface area contributed by atoms with Crippen LogP contribution in [0.2, 0.25) is 0 Å². The normalized spacial score (nSPS) is 17.5. The Bertz CT molecular complexity index is 888. The second-order valence-electron chi connectivity index (χ2n) is 6.01. The lowest BCUT2D eigenvalue weighted by atomic mass is 10.2. The molecule has 0 bridgehead atoms. The average molecular weight is 412 g/mol. The zero-order chi connectivity index (χ0) is 18.9. The van der Waals surface area contributed by atoms with Crippen molar-refractivity contribution in [1.82, 2.24) is 19.7 Å². The standard InChI is InChI=1S/C17H15F3N4OS2/c18-17(19,20)11-5-6-14(21-9-11)27-16-23-22-15(13-4-2-8-26-13)24(16)10-12-3-1-7-25-12/h2,4-6,8-9,12H,1,3,7,10H2/t12-/m1/s1. The van der Waals surface area contributed by atoms with Gasteiger partial charge in [0.25, 0.3) is 0 Å². The number of aromatic nitrogens is 4. The van der Waals surface area contributed by atoms with Gasteiger partial charge in [0.05, 0.1) is 23.1 Å². The number of halogens is 3. The van der Waals surface area contributed by atoms with Crippen molar-refractivity contribution in [2.24, 2.45) is 0 Å². The second kappa shape index (κ2) is 7.61. The van der Waals surface area contributed by atoms with Crippen LogP contribution in [0.15, 0.2) is 46.0 Å². The summed E-state index contributed by atoms with van der Waals surface area (Å²) >= 11 is 2.75. The van der Waals surface area contributed by atoms with Gasteiger partial charge in [-0.05, 0) is 48.2 Å². The Morgan fingerprint density at radius 1 is 1.26 bits per heavy atom. The number of ether oxygens (including phenoxy) is 1. The highest BCUT2D eigenvalue weighted by molar-refractivity contribution is 7.99. The van der Waals surface area contributed by atoms with Gasteiger partial charge in [-0.2, -0.15) is 13.2 Å². The molecular formula is C17H15F3N4OS2. The summed E-state index contributed by atoms with van der Waals surface area (Å²) < 4.78 is 45.8. The van der Waals surface area contributed by atoms with Crippen LogP contribution >= 0.6 is 23.1 Å². The molecule has 10 heteroatoms. The minimum Gasteiger partial charge on any atom is -0.376 e. The van der Waals surface area contributed by atoms with Crippen molar-refractivity contribution in [1.29, 1.82) is 0 Å². The van der Waals surface area contributed by atoms with Crippen LogP contribution in [-0.4, -0.2) is 32.5 Å². The van der Waals surface area contributed by atoms with Crippen molar-refractivity contribution in [3.05, 3.63) is 41.4 Å². The van der Waals surface area contributed by atoms with E-state index in [0.717, 1.165) is 42.4 Å². The van der Waals surface area contributed by atoms with Crippen LogP contribution in [-0.2, 0) is 17.5 Å². The second-order valence-corrected chi connectivity index (χ2v) is 7.95. The Balaban J connectivity index is 1.61. The molecule has 5 nitrogen and oxygen atoms in total. The topological polar surface area (TPSA) is 52.8 Å². The molecule has 4 rings (SSSR count). The summed E-state index contributed by atoms with van der Waals surface area (Å²) in [7, 11) is 0. The van der Waals surface area contributed by atoms with Gasteiger partial charge in [0.2, 0.25) is 0 Å². The first-order valence-electron chi connectivity index (χ1n) is 8.30. The minimum absolute atomic E-state index is 0.0830. The van der Waals surface area contributed by atoms with Crippen molar-refractivity contribution < 1.29 is 17.9 Å². The van der Waals surface area contributed by atoms with E-state index < -0.39 is 11.7 Å². The van der Waals surface area contributed by atoms with Gasteiger partial charge in [0.1, 0.15) is 5.03 Å². The van der Waals surface area contributed by atoms with Gasteiger partial charge < -0.3 is 4.74 Å². The lowest BCUT2D eigenvalue weighted by molar-refractivity contribution is -0.137. The van der Waals surface area contributed by atoms with Crippen molar-refractivity contribution in [3.8, 4) is 10.7 Å². The number of nitrogens with zero attached hydrogens (tertiary/aromatic N) is 4. The predicted octanol–water partition coefficient (Wildman–Crippen LogP) is 4.75. The summed E-state index contributed by atoms with van der Waals surface area (Å²) in [5, 5.41) is 11.5. The van der Waals surface area contributed by atoms with E-state index in [1.807, 2.05) is 22.1 Å². The van der Waals surface area contributed by atoms with Gasteiger partial charge in [-0.15, -0.1) is 21.5 Å². The number of alkyl halides is 3. The SMILES string of the molecule is FC(F)(F)c1ccc(Sc2nnc(-c3cccs3)n2C[C@H]2CCCO2)nc1. The molecule has 1 saturated heterocycles. The summed E-state index contributed by atoms with van der Waals surface area (Å²) in [5.41, 5.74) is -0.771. The lowest BCUT2D eigenvalue weighted by Crippen LogP contribution is -2.16. The van der Waals surface area contributed by atoms with Crippen molar-refractivity contribution in [3.63, 3.8) is 0 Å². The van der Waals surface area contributed by atoms with E-state index in [2.05, 4.69) is 15.2 Å². The maximum atomic E-state index is 12.7. The molecule has 27 heavy (non-hydrogen) atoms. The quantitative estimate of drug-likeness (QED) is 0.605. The van der Waals surface area contributed by atoms with Gasteiger partial charge in [-0.3, -0.25) is 4.57 Å². The van der Waals surface area contributed by atoms with Crippen molar-refractivity contribution in [2.45, 2.75) is 41.8 Å². The fraction of sp³-hybridized carbons (Fsp3) is 0.353. The number of hydrogen-bond acceptors (Lipinski definition) is 6. The van der Waals surface area contributed by atoms with Crippen LogP contribution in [0.5, 0.6) is 0 Å². The molecular weight excluding hydrogens is 397 g/mol. The first-order valence-corrected chi connectivity index (χ1v) is 10.00. The summed E-state index contributed by atoms with van der Waals surface area (Å²) in [6.45, 7) is 1.34. The predicted molar refractivity (Wildman–Crippen MR) is 95.7 cm³/mol. The van der Waals surface area contributed by atoms with Crippen LogP contribution in [0.4, 0.5) is 13.2 Å². The molecule has 4 heterocycles. The zero-order valence-corrected chi connectivity index (χ0v) is 15.7. The lowest BCUT2D eigenvalue weighted by Gasteiger charge is -2.14. The molecule has 0 radical (unpaired) electrons. The number of rotatable bonds is 5. The molecule has 0 unspecified atom stereocenters. The fourth-order valence-corrected chi connectivity index (χ4v) is 4.31. The zero-order valence-electron chi connectivity index (χ0n) is 14.0. The summed E-state index contributed by atoms with van der Waals surface area (Å²) in [6, 6.07) is 6.28. The molecule has 0 N–H and O–H groups in total. The first kappa shape index (κ1) is 18.5. The number of hydrogen-bond donors (Lipinski definition) is 0. The molecule has 3 aromatic rings. The van der Waals surface area contributed by atoms with Crippen LogP contribution in [0, 0.1) is 0 Å². The monoisotopic (exact) mass is 412 g/mol. The van der Waals surface area contributed by atoms with Crippen molar-refractivity contribution >= 4 is 23.1 Å². The third kappa shape index (κ3) is 4.17. The maximum Gasteiger partial charge on any atom is 0.417 e. The molecule has 0 saturated carbocycles. The number of pyridine rings is 1. The van der Waals surface area contributed by atoms with Crippen molar-refractivity contribution in [2.75, 3.05) is 6.61 Å². The molecule has 3 aromatic heterocycles. The van der Waals surface area contributed by atoms with E-state index in [1.165, 1.54) is 17.8 Å². The molecule has 142 valence electrons. The van der Waals surface area contributed by atoms with Crippen LogP contribution in [0.25, 0.3) is 10.7 Å². The van der Waals surface area contributed by atoms with E-state index >= 15 is 0 Å². The molecule has 1 fully saturated rings. The average Bonchev–Trinajstić information content (AvgIpc) is 3.38. The van der Waals surface area contributed by atoms with Gasteiger partial charge >= 0.3 is 6.18 Å². The third-order valence-corrected chi connectivity index (χ3v) is 5.93. The third-order valence-electron chi connectivity index (χ3n) is 4.13. The smallest absolute Gasteiger partial charge is 0.376 e. The molecule has 0 aromatic carbocycles. The number of thiophene rings is 1. The van der Waals surface area contributed by atoms with Gasteiger partial charge in [-0.1, -0.05) is 6.07 Å². The van der Waals surface area contributed by atoms with E-state index in [-0.39, 0.29) is 6.10 Å². The van der Waals surface area contributed by atoms with Crippen LogP contribution in [0.3, 0.4) is 0 Å². The summed E-state index contributed by atoms with van der Waals surface area (Å²) in [4.78, 5) is 4.90. The fourth-order valence-electron chi connectivity index (χ4n) is 2.81. The molecule has 0 spiro atoms. The highest BCUT2D eigenvalue weighted by Crippen LogP contribution is 2.33. The van der Waals surface area contributed by atoms with Gasteiger partial charge in [0, 0.05) is 12.8 Å². The Morgan fingerprint density at radius 3 is 2.78 bits per heavy atom. The van der Waals surface area contributed by atoms with Crippen LogP contribution < -0.4 is 0 Å². The minimum atomic E-state index is -4.40. The van der Waals surface area contributed by atoms with E-state index in [4.69, 9.17) is 4.74 Å². The van der Waals surface area contributed by atoms with Gasteiger partial charge in [-0.25, -0.2) is 4.98 Å². The van der Waals surface area contributed by atoms with E-state index in [1.54, 1.807) is 11.3 Å². The first-order chi connectivity index (χ1) is 13.0.